The van der Waals surface area contributed by atoms with Crippen LogP contribution < -0.4 is 5.32 Å². The molecule has 1 aromatic rings. The van der Waals surface area contributed by atoms with Crippen molar-refractivity contribution in [3.8, 4) is 0 Å². The molecule has 3 unspecified atom stereocenters. The van der Waals surface area contributed by atoms with Crippen LogP contribution in [0.5, 0.6) is 0 Å². The van der Waals surface area contributed by atoms with E-state index >= 15 is 0 Å². The number of rotatable bonds is 6. The lowest BCUT2D eigenvalue weighted by Crippen LogP contribution is -2.51. The van der Waals surface area contributed by atoms with E-state index < -0.39 is 0 Å². The van der Waals surface area contributed by atoms with Gasteiger partial charge in [0, 0.05) is 19.6 Å². The Bertz CT molecular complexity index is 710. The van der Waals surface area contributed by atoms with Crippen LogP contribution >= 0.6 is 0 Å². The minimum Gasteiger partial charge on any atom is -0.394 e. The fourth-order valence-corrected chi connectivity index (χ4v) is 3.36. The zero-order valence-electron chi connectivity index (χ0n) is 16.6. The lowest BCUT2D eigenvalue weighted by Gasteiger charge is -2.35. The Morgan fingerprint density at radius 3 is 2.63 bits per heavy atom. The van der Waals surface area contributed by atoms with Crippen LogP contribution in [0.15, 0.2) is 45.3 Å². The molecule has 0 radical (unpaired) electrons. The summed E-state index contributed by atoms with van der Waals surface area (Å²) in [4.78, 5) is 18.5. The quantitative estimate of drug-likeness (QED) is 0.799. The van der Waals surface area contributed by atoms with E-state index in [1.165, 1.54) is 5.56 Å². The highest BCUT2D eigenvalue weighted by Gasteiger charge is 2.39. The van der Waals surface area contributed by atoms with Crippen molar-refractivity contribution >= 4 is 18.1 Å². The van der Waals surface area contributed by atoms with Crippen LogP contribution in [0.4, 0.5) is 0 Å². The number of likely N-dealkylation sites (N-methyl/N-ethyl adjacent to an activating group) is 1. The van der Waals surface area contributed by atoms with Gasteiger partial charge in [-0.05, 0) is 25.8 Å². The lowest BCUT2D eigenvalue weighted by atomic mass is 10.1. The summed E-state index contributed by atoms with van der Waals surface area (Å²) in [5.74, 6) is 1.47. The second-order valence-electron chi connectivity index (χ2n) is 7.28. The van der Waals surface area contributed by atoms with Crippen molar-refractivity contribution in [2.45, 2.75) is 58.0 Å². The summed E-state index contributed by atoms with van der Waals surface area (Å²) >= 11 is 0. The van der Waals surface area contributed by atoms with Gasteiger partial charge >= 0.3 is 0 Å². The van der Waals surface area contributed by atoms with Gasteiger partial charge in [0.2, 0.25) is 5.96 Å². The second kappa shape index (κ2) is 8.52. The predicted octanol–water partition coefficient (Wildman–Crippen LogP) is 1.69. The molecule has 0 bridgehead atoms. The van der Waals surface area contributed by atoms with Crippen LogP contribution in [0.1, 0.15) is 32.8 Å². The zero-order valence-corrected chi connectivity index (χ0v) is 16.6. The second-order valence-corrected chi connectivity index (χ2v) is 7.28. The maximum absolute atomic E-state index is 9.68. The first-order valence-electron chi connectivity index (χ1n) is 9.63. The predicted molar refractivity (Wildman–Crippen MR) is 110 cm³/mol. The number of fused-ring (bicyclic) bond motifs is 1. The van der Waals surface area contributed by atoms with Gasteiger partial charge in [0.05, 0.1) is 19.0 Å². The first-order valence-corrected chi connectivity index (χ1v) is 9.63. The highest BCUT2D eigenvalue weighted by molar-refractivity contribution is 6.02. The van der Waals surface area contributed by atoms with E-state index in [9.17, 15) is 5.11 Å². The van der Waals surface area contributed by atoms with Gasteiger partial charge in [-0.15, -0.1) is 0 Å². The van der Waals surface area contributed by atoms with Crippen LogP contribution in [-0.2, 0) is 6.54 Å². The van der Waals surface area contributed by atoms with Crippen molar-refractivity contribution in [2.75, 3.05) is 13.7 Å². The molecule has 146 valence electrons. The van der Waals surface area contributed by atoms with Gasteiger partial charge in [-0.3, -0.25) is 4.99 Å². The molecule has 0 fully saturated rings. The molecule has 0 saturated carbocycles. The maximum Gasteiger partial charge on any atom is 0.224 e. The van der Waals surface area contributed by atoms with Gasteiger partial charge in [0.15, 0.2) is 6.17 Å². The summed E-state index contributed by atoms with van der Waals surface area (Å²) in [7, 11) is 1.94. The van der Waals surface area contributed by atoms with Crippen LogP contribution in [0.25, 0.3) is 0 Å². The summed E-state index contributed by atoms with van der Waals surface area (Å²) in [5, 5.41) is 13.1. The highest BCUT2D eigenvalue weighted by Crippen LogP contribution is 2.23. The normalized spacial score (nSPS) is 22.4. The summed E-state index contributed by atoms with van der Waals surface area (Å²) in [5.41, 5.74) is 1.19. The van der Waals surface area contributed by atoms with Gasteiger partial charge in [0.25, 0.3) is 0 Å². The number of aliphatic hydroxyl groups excluding tert-OH is 1. The van der Waals surface area contributed by atoms with E-state index in [1.54, 1.807) is 0 Å². The third-order valence-corrected chi connectivity index (χ3v) is 5.15. The molecular formula is C20H30N6O. The van der Waals surface area contributed by atoms with Crippen LogP contribution in [0, 0.1) is 0 Å². The maximum atomic E-state index is 9.68. The van der Waals surface area contributed by atoms with Crippen molar-refractivity contribution in [3.05, 3.63) is 35.9 Å². The molecule has 3 rings (SSSR count). The molecule has 2 N–H and O–H groups in total. The molecule has 3 atom stereocenters. The van der Waals surface area contributed by atoms with E-state index in [0.717, 1.165) is 12.3 Å². The molecule has 2 heterocycles. The third kappa shape index (κ3) is 4.13. The van der Waals surface area contributed by atoms with Crippen molar-refractivity contribution in [1.29, 1.82) is 0 Å². The number of hydrogen-bond donors (Lipinski definition) is 2. The van der Waals surface area contributed by atoms with Gasteiger partial charge in [-0.1, -0.05) is 37.3 Å². The molecule has 7 nitrogen and oxygen atoms in total. The Morgan fingerprint density at radius 2 is 2.00 bits per heavy atom. The summed E-state index contributed by atoms with van der Waals surface area (Å²) in [6.45, 7) is 7.10. The topological polar surface area (TPSA) is 75.8 Å². The number of nitrogens with one attached hydrogen (secondary N) is 1. The van der Waals surface area contributed by atoms with E-state index in [1.807, 2.05) is 36.5 Å². The highest BCUT2D eigenvalue weighted by atomic mass is 16.3. The van der Waals surface area contributed by atoms with Crippen LogP contribution in [-0.4, -0.2) is 71.0 Å². The Balaban J connectivity index is 1.85. The van der Waals surface area contributed by atoms with E-state index in [4.69, 9.17) is 9.98 Å². The monoisotopic (exact) mass is 370 g/mol. The fraction of sp³-hybridized carbons (Fsp3) is 0.550. The van der Waals surface area contributed by atoms with E-state index in [0.29, 0.717) is 18.5 Å². The molecular weight excluding hydrogens is 340 g/mol. The van der Waals surface area contributed by atoms with Crippen molar-refractivity contribution in [1.82, 2.24) is 15.1 Å². The standard InChI is InChI=1S/C20H30N6O/c1-5-16(12-27)25(4)20-23-18(21-11-15-9-7-6-8-10-15)17-19(24-20)26(13-22-17)14(2)3/h6-10,13-14,16-17,19,27H,5,11-12H2,1-4H3,(H,21,23,24). The Hall–Kier alpha value is -2.41. The van der Waals surface area contributed by atoms with Crippen molar-refractivity contribution < 1.29 is 5.11 Å². The number of benzene rings is 1. The Kier molecular flexibility index (Phi) is 6.11. The number of amidine groups is 1. The minimum atomic E-state index is -0.123. The Labute approximate surface area is 161 Å². The third-order valence-electron chi connectivity index (χ3n) is 5.15. The summed E-state index contributed by atoms with van der Waals surface area (Å²) in [6, 6.07) is 10.4. The molecule has 27 heavy (non-hydrogen) atoms. The molecule has 1 aromatic carbocycles. The number of guanidine groups is 1. The number of aliphatic hydroxyl groups is 1. The molecule has 0 saturated heterocycles. The molecule has 0 amide bonds. The van der Waals surface area contributed by atoms with E-state index in [2.05, 4.69) is 48.1 Å². The average molecular weight is 371 g/mol. The lowest BCUT2D eigenvalue weighted by molar-refractivity contribution is 0.189. The van der Waals surface area contributed by atoms with E-state index in [-0.39, 0.29) is 24.9 Å². The number of hydrogen-bond acceptors (Lipinski definition) is 7. The molecule has 2 aliphatic heterocycles. The molecule has 0 aliphatic carbocycles. The molecule has 0 aromatic heterocycles. The fourth-order valence-electron chi connectivity index (χ4n) is 3.36. The smallest absolute Gasteiger partial charge is 0.224 e. The number of aliphatic imine (C=N–C) groups is 3. The summed E-state index contributed by atoms with van der Waals surface area (Å²) in [6.07, 6.45) is 2.61. The molecule has 0 spiro atoms. The van der Waals surface area contributed by atoms with Crippen LogP contribution in [0.3, 0.4) is 0 Å². The zero-order chi connectivity index (χ0) is 19.4. The minimum absolute atomic E-state index is 0.00533. The van der Waals surface area contributed by atoms with Crippen LogP contribution in [0.2, 0.25) is 0 Å². The summed E-state index contributed by atoms with van der Waals surface area (Å²) < 4.78 is 0. The van der Waals surface area contributed by atoms with Gasteiger partial charge in [-0.2, -0.15) is 4.99 Å². The molecule has 7 heteroatoms. The van der Waals surface area contributed by atoms with Crippen molar-refractivity contribution in [2.24, 2.45) is 15.0 Å². The average Bonchev–Trinajstić information content (AvgIpc) is 3.12. The SMILES string of the molecule is CCC(CO)N(C)C1=NC2C(N=CN2C(C)C)C(NCc2ccccc2)=N1. The van der Waals surface area contributed by atoms with Gasteiger partial charge in [-0.25, -0.2) is 4.99 Å². The first-order chi connectivity index (χ1) is 13.0. The van der Waals surface area contributed by atoms with Gasteiger partial charge in [0.1, 0.15) is 11.9 Å². The Morgan fingerprint density at radius 1 is 1.26 bits per heavy atom. The largest absolute Gasteiger partial charge is 0.394 e. The van der Waals surface area contributed by atoms with Crippen molar-refractivity contribution in [3.63, 3.8) is 0 Å². The van der Waals surface area contributed by atoms with Gasteiger partial charge < -0.3 is 20.2 Å². The first kappa shape index (κ1) is 19.4. The molecule has 2 aliphatic rings. The number of nitrogens with zero attached hydrogens (tertiary/aromatic N) is 5.